The second-order valence-electron chi connectivity index (χ2n) is 6.12. The summed E-state index contributed by atoms with van der Waals surface area (Å²) in [5, 5.41) is 0. The fourth-order valence-electron chi connectivity index (χ4n) is 3.26. The van der Waals surface area contributed by atoms with Gasteiger partial charge in [-0.25, -0.2) is 4.79 Å². The van der Waals surface area contributed by atoms with Crippen LogP contribution in [0.25, 0.3) is 5.69 Å². The van der Waals surface area contributed by atoms with Crippen LogP contribution in [-0.2, 0) is 6.54 Å². The summed E-state index contributed by atoms with van der Waals surface area (Å²) >= 11 is 0. The lowest BCUT2D eigenvalue weighted by Crippen LogP contribution is -2.22. The van der Waals surface area contributed by atoms with E-state index in [2.05, 4.69) is 22.0 Å². The Kier molecular flexibility index (Phi) is 2.82. The molecule has 108 valence electrons. The average Bonchev–Trinajstić information content (AvgIpc) is 3.07. The Morgan fingerprint density at radius 2 is 1.86 bits per heavy atom. The molecule has 2 aliphatic rings. The Labute approximate surface area is 123 Å². The Balaban J connectivity index is 1.51. The van der Waals surface area contributed by atoms with E-state index in [4.69, 9.17) is 5.73 Å². The zero-order chi connectivity index (χ0) is 14.4. The molecular weight excluding hydrogens is 264 g/mol. The fourth-order valence-corrected chi connectivity index (χ4v) is 3.26. The van der Waals surface area contributed by atoms with Gasteiger partial charge in [-0.1, -0.05) is 12.1 Å². The number of fused-ring (bicyclic) bond motifs is 1. The normalized spacial score (nSPS) is 24.0. The van der Waals surface area contributed by atoms with Crippen molar-refractivity contribution in [3.05, 3.63) is 52.6 Å². The number of piperidine rings is 1. The minimum atomic E-state index is -0.345. The summed E-state index contributed by atoms with van der Waals surface area (Å²) in [6, 6.07) is 9.73. The van der Waals surface area contributed by atoms with Crippen molar-refractivity contribution in [3.8, 4) is 5.69 Å². The Morgan fingerprint density at radius 1 is 1.14 bits per heavy atom. The lowest BCUT2D eigenvalue weighted by molar-refractivity contribution is 0.297. The molecule has 0 spiro atoms. The molecule has 1 aliphatic carbocycles. The SMILES string of the molecule is Nc1ccn(-c2ccc(CN3C[C@H]4C[C@H]4C3)cc2)c(=O)n1. The first-order chi connectivity index (χ1) is 10.2. The summed E-state index contributed by atoms with van der Waals surface area (Å²) in [5.74, 6) is 2.17. The molecule has 4 rings (SSSR count). The summed E-state index contributed by atoms with van der Waals surface area (Å²) in [7, 11) is 0. The van der Waals surface area contributed by atoms with Gasteiger partial charge in [0.05, 0.1) is 5.69 Å². The fraction of sp³-hybridized carbons (Fsp3) is 0.375. The van der Waals surface area contributed by atoms with Gasteiger partial charge in [-0.05, 0) is 42.0 Å². The standard InChI is InChI=1S/C16H18N4O/c17-15-5-6-20(16(21)18-15)14-3-1-11(2-4-14)8-19-9-12-7-13(12)10-19/h1-6,12-13H,7-10H2,(H2,17,18,21)/t12-,13+. The Bertz CT molecular complexity index is 712. The first kappa shape index (κ1) is 12.6. The zero-order valence-corrected chi connectivity index (χ0v) is 11.8. The molecule has 2 N–H and O–H groups in total. The van der Waals surface area contributed by atoms with E-state index in [0.29, 0.717) is 0 Å². The molecular formula is C16H18N4O. The van der Waals surface area contributed by atoms with Crippen LogP contribution >= 0.6 is 0 Å². The third kappa shape index (κ3) is 2.45. The van der Waals surface area contributed by atoms with Gasteiger partial charge in [0.1, 0.15) is 5.82 Å². The summed E-state index contributed by atoms with van der Waals surface area (Å²) < 4.78 is 1.51. The molecule has 2 atom stereocenters. The van der Waals surface area contributed by atoms with Crippen LogP contribution in [0, 0.1) is 11.8 Å². The average molecular weight is 282 g/mol. The van der Waals surface area contributed by atoms with Gasteiger partial charge in [-0.2, -0.15) is 4.98 Å². The third-order valence-electron chi connectivity index (χ3n) is 4.50. The molecule has 0 amide bonds. The highest BCUT2D eigenvalue weighted by Crippen LogP contribution is 2.45. The number of anilines is 1. The monoisotopic (exact) mass is 282 g/mol. The van der Waals surface area contributed by atoms with Crippen molar-refractivity contribution in [1.29, 1.82) is 0 Å². The van der Waals surface area contributed by atoms with Crippen LogP contribution in [0.15, 0.2) is 41.3 Å². The molecule has 5 nitrogen and oxygen atoms in total. The molecule has 5 heteroatoms. The number of nitrogens with zero attached hydrogens (tertiary/aromatic N) is 3. The van der Waals surface area contributed by atoms with E-state index in [1.807, 2.05) is 12.1 Å². The van der Waals surface area contributed by atoms with Crippen LogP contribution in [-0.4, -0.2) is 27.5 Å². The van der Waals surface area contributed by atoms with Gasteiger partial charge in [0.15, 0.2) is 0 Å². The van der Waals surface area contributed by atoms with Crippen molar-refractivity contribution in [2.24, 2.45) is 11.8 Å². The number of hydrogen-bond acceptors (Lipinski definition) is 4. The van der Waals surface area contributed by atoms with Crippen molar-refractivity contribution in [2.45, 2.75) is 13.0 Å². The topological polar surface area (TPSA) is 64.2 Å². The molecule has 1 saturated carbocycles. The van der Waals surface area contributed by atoms with Crippen molar-refractivity contribution < 1.29 is 0 Å². The number of rotatable bonds is 3. The minimum absolute atomic E-state index is 0.250. The predicted molar refractivity (Wildman–Crippen MR) is 81.1 cm³/mol. The van der Waals surface area contributed by atoms with E-state index in [-0.39, 0.29) is 11.5 Å². The van der Waals surface area contributed by atoms with E-state index in [1.165, 1.54) is 29.6 Å². The van der Waals surface area contributed by atoms with Gasteiger partial charge in [0.25, 0.3) is 0 Å². The van der Waals surface area contributed by atoms with Crippen LogP contribution < -0.4 is 11.4 Å². The van der Waals surface area contributed by atoms with Gasteiger partial charge in [0.2, 0.25) is 0 Å². The molecule has 2 aromatic rings. The van der Waals surface area contributed by atoms with Crippen LogP contribution in [0.5, 0.6) is 0 Å². The van der Waals surface area contributed by atoms with E-state index < -0.39 is 0 Å². The minimum Gasteiger partial charge on any atom is -0.383 e. The lowest BCUT2D eigenvalue weighted by Gasteiger charge is -2.17. The van der Waals surface area contributed by atoms with Gasteiger partial charge >= 0.3 is 5.69 Å². The Morgan fingerprint density at radius 3 is 2.52 bits per heavy atom. The lowest BCUT2D eigenvalue weighted by atomic mass is 10.2. The Hall–Kier alpha value is -2.14. The van der Waals surface area contributed by atoms with Gasteiger partial charge in [-0.15, -0.1) is 0 Å². The van der Waals surface area contributed by atoms with E-state index in [1.54, 1.807) is 12.3 Å². The van der Waals surface area contributed by atoms with Crippen molar-refractivity contribution in [3.63, 3.8) is 0 Å². The molecule has 0 bridgehead atoms. The number of aromatic nitrogens is 2. The maximum atomic E-state index is 11.8. The number of nitrogen functional groups attached to an aromatic ring is 1. The largest absolute Gasteiger partial charge is 0.383 e. The number of likely N-dealkylation sites (tertiary alicyclic amines) is 1. The van der Waals surface area contributed by atoms with Crippen molar-refractivity contribution >= 4 is 5.82 Å². The summed E-state index contributed by atoms with van der Waals surface area (Å²) in [6.07, 6.45) is 3.09. The summed E-state index contributed by atoms with van der Waals surface area (Å²) in [6.45, 7) is 3.49. The van der Waals surface area contributed by atoms with Gasteiger partial charge < -0.3 is 5.73 Å². The molecule has 0 unspecified atom stereocenters. The van der Waals surface area contributed by atoms with Crippen LogP contribution in [0.1, 0.15) is 12.0 Å². The molecule has 21 heavy (non-hydrogen) atoms. The van der Waals surface area contributed by atoms with Crippen LogP contribution in [0.2, 0.25) is 0 Å². The number of nitrogens with two attached hydrogens (primary N) is 1. The maximum Gasteiger partial charge on any atom is 0.354 e. The molecule has 1 aromatic heterocycles. The molecule has 2 fully saturated rings. The first-order valence-electron chi connectivity index (χ1n) is 7.36. The van der Waals surface area contributed by atoms with Gasteiger partial charge in [-0.3, -0.25) is 9.47 Å². The maximum absolute atomic E-state index is 11.8. The highest BCUT2D eigenvalue weighted by atomic mass is 16.1. The van der Waals surface area contributed by atoms with E-state index in [0.717, 1.165) is 24.1 Å². The number of benzene rings is 1. The molecule has 1 aromatic carbocycles. The second kappa shape index (κ2) is 4.70. The molecule has 1 saturated heterocycles. The van der Waals surface area contributed by atoms with Crippen molar-refractivity contribution in [2.75, 3.05) is 18.8 Å². The summed E-state index contributed by atoms with van der Waals surface area (Å²) in [4.78, 5) is 18.1. The second-order valence-corrected chi connectivity index (χ2v) is 6.12. The molecule has 2 heterocycles. The summed E-state index contributed by atoms with van der Waals surface area (Å²) in [5.41, 5.74) is 7.27. The van der Waals surface area contributed by atoms with Crippen LogP contribution in [0.3, 0.4) is 0 Å². The predicted octanol–water partition coefficient (Wildman–Crippen LogP) is 1.27. The first-order valence-corrected chi connectivity index (χ1v) is 7.36. The molecule has 0 radical (unpaired) electrons. The number of hydrogen-bond donors (Lipinski definition) is 1. The quantitative estimate of drug-likeness (QED) is 0.920. The molecule has 1 aliphatic heterocycles. The highest BCUT2D eigenvalue weighted by molar-refractivity contribution is 5.36. The highest BCUT2D eigenvalue weighted by Gasteiger charge is 2.44. The van der Waals surface area contributed by atoms with E-state index >= 15 is 0 Å². The van der Waals surface area contributed by atoms with E-state index in [9.17, 15) is 4.79 Å². The zero-order valence-electron chi connectivity index (χ0n) is 11.8. The smallest absolute Gasteiger partial charge is 0.354 e. The van der Waals surface area contributed by atoms with Crippen molar-refractivity contribution in [1.82, 2.24) is 14.5 Å². The van der Waals surface area contributed by atoms with Crippen LogP contribution in [0.4, 0.5) is 5.82 Å². The van der Waals surface area contributed by atoms with Gasteiger partial charge in [0, 0.05) is 25.8 Å². The third-order valence-corrected chi connectivity index (χ3v) is 4.50.